The Bertz CT molecular complexity index is 760. The van der Waals surface area contributed by atoms with Gasteiger partial charge in [0.2, 0.25) is 0 Å². The summed E-state index contributed by atoms with van der Waals surface area (Å²) in [6, 6.07) is 4.23. The first-order valence-electron chi connectivity index (χ1n) is 7.28. The molecule has 1 saturated carbocycles. The highest BCUT2D eigenvalue weighted by atomic mass is 32.1. The number of methoxy groups -OCH3 is 1. The number of nitrogens with one attached hydrogen (secondary N) is 1. The zero-order valence-corrected chi connectivity index (χ0v) is 13.7. The maximum absolute atomic E-state index is 5.65. The lowest BCUT2D eigenvalue weighted by Crippen LogP contribution is -2.02. The van der Waals surface area contributed by atoms with Crippen molar-refractivity contribution in [1.82, 2.24) is 9.97 Å². The summed E-state index contributed by atoms with van der Waals surface area (Å²) >= 11 is 5.44. The van der Waals surface area contributed by atoms with E-state index in [-0.39, 0.29) is 0 Å². The summed E-state index contributed by atoms with van der Waals surface area (Å²) in [5.74, 6) is 2.47. The minimum atomic E-state index is 0.545. The smallest absolute Gasteiger partial charge is 0.133 e. The van der Waals surface area contributed by atoms with Crippen LogP contribution in [0.2, 0.25) is 0 Å². The highest BCUT2D eigenvalue weighted by molar-refractivity contribution is 7.71. The van der Waals surface area contributed by atoms with E-state index in [1.54, 1.807) is 7.11 Å². The molecule has 0 spiro atoms. The molecule has 0 amide bonds. The Morgan fingerprint density at radius 1 is 1.19 bits per heavy atom. The molecule has 1 aromatic carbocycles. The molecule has 110 valence electrons. The number of hydrogen-bond acceptors (Lipinski definition) is 3. The van der Waals surface area contributed by atoms with Crippen LogP contribution in [0.1, 0.15) is 41.3 Å². The van der Waals surface area contributed by atoms with Gasteiger partial charge in [-0.2, -0.15) is 0 Å². The first kappa shape index (κ1) is 14.3. The van der Waals surface area contributed by atoms with Crippen molar-refractivity contribution in [3.05, 3.63) is 39.3 Å². The highest BCUT2D eigenvalue weighted by Gasteiger charge is 2.27. The van der Waals surface area contributed by atoms with Crippen LogP contribution in [0.3, 0.4) is 0 Å². The number of ether oxygens (including phenoxy) is 1. The summed E-state index contributed by atoms with van der Waals surface area (Å²) in [6.45, 7) is 6.20. The van der Waals surface area contributed by atoms with Gasteiger partial charge in [0.25, 0.3) is 0 Å². The van der Waals surface area contributed by atoms with E-state index in [0.29, 0.717) is 10.6 Å². The Hall–Kier alpha value is -1.68. The van der Waals surface area contributed by atoms with Crippen molar-refractivity contribution in [3.63, 3.8) is 0 Å². The van der Waals surface area contributed by atoms with Crippen LogP contribution >= 0.6 is 12.2 Å². The van der Waals surface area contributed by atoms with Gasteiger partial charge in [-0.3, -0.25) is 0 Å². The van der Waals surface area contributed by atoms with Gasteiger partial charge < -0.3 is 9.72 Å². The predicted molar refractivity (Wildman–Crippen MR) is 87.6 cm³/mol. The van der Waals surface area contributed by atoms with Crippen LogP contribution in [0.15, 0.2) is 12.1 Å². The van der Waals surface area contributed by atoms with Gasteiger partial charge in [0, 0.05) is 17.0 Å². The lowest BCUT2D eigenvalue weighted by atomic mass is 10.00. The maximum Gasteiger partial charge on any atom is 0.133 e. The zero-order chi connectivity index (χ0) is 15.1. The second kappa shape index (κ2) is 5.26. The van der Waals surface area contributed by atoms with Gasteiger partial charge in [0.05, 0.1) is 12.8 Å². The molecule has 0 bridgehead atoms. The lowest BCUT2D eigenvalue weighted by molar-refractivity contribution is 0.413. The Balaban J connectivity index is 2.25. The molecule has 1 aliphatic carbocycles. The summed E-state index contributed by atoms with van der Waals surface area (Å²) in [6.07, 6.45) is 2.40. The van der Waals surface area contributed by atoms with Crippen molar-refractivity contribution in [2.75, 3.05) is 7.11 Å². The molecule has 3 nitrogen and oxygen atoms in total. The molecule has 0 unspecified atom stereocenters. The molecule has 2 aromatic rings. The topological polar surface area (TPSA) is 37.9 Å². The van der Waals surface area contributed by atoms with Crippen LogP contribution in [-0.4, -0.2) is 17.1 Å². The third-order valence-electron chi connectivity index (χ3n) is 4.29. The molecule has 1 aromatic heterocycles. The minimum Gasteiger partial charge on any atom is -0.496 e. The quantitative estimate of drug-likeness (QED) is 0.841. The number of aryl methyl sites for hydroxylation is 1. The van der Waals surface area contributed by atoms with Crippen molar-refractivity contribution in [2.45, 2.75) is 39.5 Å². The number of aromatic nitrogens is 2. The molecule has 3 rings (SSSR count). The predicted octanol–water partition coefficient (Wildman–Crippen LogP) is 4.62. The fraction of sp³-hybridized carbons (Fsp3) is 0.412. The van der Waals surface area contributed by atoms with Gasteiger partial charge in [-0.1, -0.05) is 18.3 Å². The van der Waals surface area contributed by atoms with Crippen LogP contribution < -0.4 is 4.74 Å². The van der Waals surface area contributed by atoms with E-state index in [1.807, 2.05) is 6.92 Å². The van der Waals surface area contributed by atoms with Gasteiger partial charge in [0.1, 0.15) is 16.2 Å². The van der Waals surface area contributed by atoms with Gasteiger partial charge in [-0.25, -0.2) is 4.98 Å². The van der Waals surface area contributed by atoms with Crippen LogP contribution in [0.5, 0.6) is 5.75 Å². The lowest BCUT2D eigenvalue weighted by Gasteiger charge is -2.16. The van der Waals surface area contributed by atoms with Crippen LogP contribution in [0.4, 0.5) is 0 Å². The fourth-order valence-electron chi connectivity index (χ4n) is 2.62. The molecule has 1 fully saturated rings. The van der Waals surface area contributed by atoms with Gasteiger partial charge in [-0.05, 0) is 50.8 Å². The molecule has 1 aliphatic rings. The van der Waals surface area contributed by atoms with E-state index in [0.717, 1.165) is 28.4 Å². The second-order valence-corrected chi connectivity index (χ2v) is 6.18. The number of hydrogen-bond donors (Lipinski definition) is 1. The second-order valence-electron chi connectivity index (χ2n) is 5.79. The maximum atomic E-state index is 5.65. The molecule has 1 heterocycles. The third kappa shape index (κ3) is 2.48. The molecule has 0 atom stereocenters. The minimum absolute atomic E-state index is 0.545. The van der Waals surface area contributed by atoms with Crippen molar-refractivity contribution in [2.24, 2.45) is 0 Å². The number of benzene rings is 1. The first-order chi connectivity index (χ1) is 10.0. The van der Waals surface area contributed by atoms with E-state index in [9.17, 15) is 0 Å². The normalized spacial score (nSPS) is 14.3. The summed E-state index contributed by atoms with van der Waals surface area (Å²) in [5, 5.41) is 0. The van der Waals surface area contributed by atoms with Gasteiger partial charge in [-0.15, -0.1) is 0 Å². The van der Waals surface area contributed by atoms with E-state index >= 15 is 0 Å². The standard InChI is InChI=1S/C17H20N2OS/c1-9-5-8-13(15(20-4)10(9)2)14-11(3)17(21)19-16(18-14)12-6-7-12/h5,8,12H,6-7H2,1-4H3,(H,18,19,21). The van der Waals surface area contributed by atoms with Crippen molar-refractivity contribution in [3.8, 4) is 17.0 Å². The number of nitrogens with zero attached hydrogens (tertiary/aromatic N) is 1. The van der Waals surface area contributed by atoms with Crippen molar-refractivity contribution < 1.29 is 4.74 Å². The highest BCUT2D eigenvalue weighted by Crippen LogP contribution is 2.40. The molecule has 0 saturated heterocycles. The van der Waals surface area contributed by atoms with E-state index < -0.39 is 0 Å². The first-order valence-corrected chi connectivity index (χ1v) is 7.69. The number of H-pyrrole nitrogens is 1. The average Bonchev–Trinajstić information content (AvgIpc) is 3.29. The number of aromatic amines is 1. The Morgan fingerprint density at radius 3 is 2.52 bits per heavy atom. The monoisotopic (exact) mass is 300 g/mol. The Kier molecular flexibility index (Phi) is 3.57. The SMILES string of the molecule is COc1c(-c2[nH]c(C3CC3)nc(=S)c2C)ccc(C)c1C. The molecule has 0 radical (unpaired) electrons. The molecule has 21 heavy (non-hydrogen) atoms. The molecular formula is C17H20N2OS. The average molecular weight is 300 g/mol. The van der Waals surface area contributed by atoms with Gasteiger partial charge >= 0.3 is 0 Å². The third-order valence-corrected chi connectivity index (χ3v) is 4.68. The van der Waals surface area contributed by atoms with E-state index in [4.69, 9.17) is 17.0 Å². The van der Waals surface area contributed by atoms with E-state index in [2.05, 4.69) is 35.9 Å². The van der Waals surface area contributed by atoms with Crippen LogP contribution in [-0.2, 0) is 0 Å². The molecule has 4 heteroatoms. The summed E-state index contributed by atoms with van der Waals surface area (Å²) in [5.41, 5.74) is 5.50. The van der Waals surface area contributed by atoms with Crippen molar-refractivity contribution >= 4 is 12.2 Å². The summed E-state index contributed by atoms with van der Waals surface area (Å²) < 4.78 is 6.33. The summed E-state index contributed by atoms with van der Waals surface area (Å²) in [7, 11) is 1.72. The van der Waals surface area contributed by atoms with Gasteiger partial charge in [0.15, 0.2) is 0 Å². The largest absolute Gasteiger partial charge is 0.496 e. The molecule has 1 N–H and O–H groups in total. The van der Waals surface area contributed by atoms with Crippen LogP contribution in [0, 0.1) is 25.4 Å². The number of rotatable bonds is 3. The van der Waals surface area contributed by atoms with Crippen LogP contribution in [0.25, 0.3) is 11.3 Å². The van der Waals surface area contributed by atoms with Crippen molar-refractivity contribution in [1.29, 1.82) is 0 Å². The Labute approximate surface area is 130 Å². The zero-order valence-electron chi connectivity index (χ0n) is 12.9. The molecule has 0 aliphatic heterocycles. The molecular weight excluding hydrogens is 280 g/mol. The fourth-order valence-corrected chi connectivity index (χ4v) is 2.82. The Morgan fingerprint density at radius 2 is 1.90 bits per heavy atom. The summed E-state index contributed by atoms with van der Waals surface area (Å²) in [4.78, 5) is 8.03. The van der Waals surface area contributed by atoms with E-state index in [1.165, 1.54) is 24.0 Å².